The number of fused-ring (bicyclic) bond motifs is 5. The molecular weight excluding hydrogens is 576 g/mol. The summed E-state index contributed by atoms with van der Waals surface area (Å²) in [6.45, 7) is 4.65. The Bertz CT molecular complexity index is 2430. The Morgan fingerprint density at radius 2 is 1.23 bits per heavy atom. The van der Waals surface area contributed by atoms with Crippen LogP contribution in [-0.2, 0) is 5.41 Å². The molecule has 1 aliphatic carbocycles. The van der Waals surface area contributed by atoms with E-state index in [4.69, 9.17) is 9.47 Å². The van der Waals surface area contributed by atoms with Gasteiger partial charge in [-0.2, -0.15) is 0 Å². The number of hydrogen-bond acceptors (Lipinski definition) is 4. The van der Waals surface area contributed by atoms with E-state index in [0.717, 1.165) is 56.1 Å². The minimum Gasteiger partial charge on any atom is -0.447 e. The summed E-state index contributed by atoms with van der Waals surface area (Å²) >= 11 is 0. The predicted octanol–water partition coefficient (Wildman–Crippen LogP) is 12.2. The Morgan fingerprint density at radius 1 is 0.511 bits per heavy atom. The van der Waals surface area contributed by atoms with Crippen molar-refractivity contribution in [3.63, 3.8) is 0 Å². The second-order valence-electron chi connectivity index (χ2n) is 13.0. The second-order valence-corrected chi connectivity index (χ2v) is 13.0. The molecule has 224 valence electrons. The van der Waals surface area contributed by atoms with E-state index in [1.54, 1.807) is 0 Å². The molecule has 7 aromatic rings. The summed E-state index contributed by atoms with van der Waals surface area (Å²) in [5.41, 5.74) is 12.3. The summed E-state index contributed by atoms with van der Waals surface area (Å²) in [4.78, 5) is 2.31. The fourth-order valence-corrected chi connectivity index (χ4v) is 7.79. The molecule has 0 aromatic heterocycles. The first kappa shape index (κ1) is 26.2. The summed E-state index contributed by atoms with van der Waals surface area (Å²) in [5, 5.41) is 5.75. The molecule has 0 atom stereocenters. The molecule has 0 saturated carbocycles. The monoisotopic (exact) mass is 606 g/mol. The Kier molecular flexibility index (Phi) is 5.31. The highest BCUT2D eigenvalue weighted by atomic mass is 16.6. The molecule has 0 radical (unpaired) electrons. The molecule has 0 unspecified atom stereocenters. The van der Waals surface area contributed by atoms with Crippen LogP contribution in [0.3, 0.4) is 0 Å². The van der Waals surface area contributed by atoms with Crippen molar-refractivity contribution in [1.29, 1.82) is 0 Å². The summed E-state index contributed by atoms with van der Waals surface area (Å²) in [5.74, 6) is 2.79. The van der Waals surface area contributed by atoms with E-state index in [-0.39, 0.29) is 5.41 Å². The van der Waals surface area contributed by atoms with E-state index in [1.165, 1.54) is 22.3 Å². The molecule has 0 spiro atoms. The largest absolute Gasteiger partial charge is 0.447 e. The van der Waals surface area contributed by atoms with Crippen molar-refractivity contribution in [2.75, 3.05) is 10.2 Å². The molecule has 10 rings (SSSR count). The molecule has 0 saturated heterocycles. The molecule has 4 heteroatoms. The quantitative estimate of drug-likeness (QED) is 0.217. The average Bonchev–Trinajstić information content (AvgIpc) is 3.36. The highest BCUT2D eigenvalue weighted by Crippen LogP contribution is 2.60. The van der Waals surface area contributed by atoms with Gasteiger partial charge in [-0.1, -0.05) is 105 Å². The second kappa shape index (κ2) is 9.51. The third-order valence-electron chi connectivity index (χ3n) is 10.0. The molecule has 3 aliphatic rings. The molecule has 0 amide bonds. The number of hydrogen-bond donors (Lipinski definition) is 1. The molecule has 1 N–H and O–H groups in total. The van der Waals surface area contributed by atoms with Crippen molar-refractivity contribution in [1.82, 2.24) is 0 Å². The van der Waals surface area contributed by atoms with Crippen LogP contribution < -0.4 is 19.7 Å². The summed E-state index contributed by atoms with van der Waals surface area (Å²) < 4.78 is 13.9. The highest BCUT2D eigenvalue weighted by Gasteiger charge is 2.37. The lowest BCUT2D eigenvalue weighted by molar-refractivity contribution is 0.365. The van der Waals surface area contributed by atoms with Crippen molar-refractivity contribution in [2.24, 2.45) is 0 Å². The van der Waals surface area contributed by atoms with E-state index >= 15 is 0 Å². The zero-order valence-corrected chi connectivity index (χ0v) is 26.0. The van der Waals surface area contributed by atoms with Crippen LogP contribution in [0, 0.1) is 0 Å². The van der Waals surface area contributed by atoms with Gasteiger partial charge >= 0.3 is 0 Å². The lowest BCUT2D eigenvalue weighted by Crippen LogP contribution is -2.17. The molecular formula is C43H30N2O2. The van der Waals surface area contributed by atoms with Gasteiger partial charge in [0.25, 0.3) is 0 Å². The number of nitrogens with zero attached hydrogens (tertiary/aromatic N) is 1. The summed E-state index contributed by atoms with van der Waals surface area (Å²) in [7, 11) is 0. The van der Waals surface area contributed by atoms with Gasteiger partial charge in [-0.3, -0.25) is 0 Å². The standard InChI is InChI=1S/C43H30N2O2/c1-43(2)33-18-8-6-15-29(33)30-23-22-28(25-34(30)43)45(27-13-4-3-5-14-27)37-24-26-12-10-17-32-31-16-7-9-19-35(31)44-36-20-11-21-38-40(36)47-42(39(26)32)41(37)46-38/h3-25,44H,1-2H3. The number of nitrogens with one attached hydrogen (secondary N) is 1. The first-order valence-corrected chi connectivity index (χ1v) is 16.1. The first-order chi connectivity index (χ1) is 23.1. The zero-order valence-electron chi connectivity index (χ0n) is 26.0. The maximum atomic E-state index is 6.96. The van der Waals surface area contributed by atoms with Gasteiger partial charge in [0.1, 0.15) is 0 Å². The molecule has 2 bridgehead atoms. The lowest BCUT2D eigenvalue weighted by Gasteiger charge is -2.32. The number of rotatable bonds is 3. The van der Waals surface area contributed by atoms with E-state index in [0.29, 0.717) is 17.2 Å². The van der Waals surface area contributed by atoms with Gasteiger partial charge in [0.2, 0.25) is 0 Å². The van der Waals surface area contributed by atoms with Crippen LogP contribution in [-0.4, -0.2) is 0 Å². The van der Waals surface area contributed by atoms with Crippen molar-refractivity contribution >= 4 is 39.2 Å². The summed E-state index contributed by atoms with van der Waals surface area (Å²) in [6, 6.07) is 49.4. The van der Waals surface area contributed by atoms with Crippen molar-refractivity contribution < 1.29 is 9.47 Å². The van der Waals surface area contributed by atoms with Crippen LogP contribution in [0.15, 0.2) is 140 Å². The van der Waals surface area contributed by atoms with Crippen molar-refractivity contribution in [3.05, 3.63) is 151 Å². The van der Waals surface area contributed by atoms with Crippen LogP contribution in [0.5, 0.6) is 23.0 Å². The van der Waals surface area contributed by atoms with Crippen LogP contribution in [0.2, 0.25) is 0 Å². The fraction of sp³-hybridized carbons (Fsp3) is 0.0698. The van der Waals surface area contributed by atoms with Gasteiger partial charge in [-0.25, -0.2) is 0 Å². The number of para-hydroxylation sites is 3. The predicted molar refractivity (Wildman–Crippen MR) is 192 cm³/mol. The maximum absolute atomic E-state index is 6.96. The Balaban J connectivity index is 1.27. The van der Waals surface area contributed by atoms with Crippen molar-refractivity contribution in [2.45, 2.75) is 19.3 Å². The minimum atomic E-state index is -0.132. The smallest absolute Gasteiger partial charge is 0.194 e. The third-order valence-corrected chi connectivity index (χ3v) is 10.0. The van der Waals surface area contributed by atoms with Gasteiger partial charge in [-0.15, -0.1) is 0 Å². The molecule has 0 fully saturated rings. The molecule has 2 aliphatic heterocycles. The Labute approximate surface area is 273 Å². The average molecular weight is 607 g/mol. The molecule has 7 aromatic carbocycles. The topological polar surface area (TPSA) is 33.7 Å². The zero-order chi connectivity index (χ0) is 31.3. The van der Waals surface area contributed by atoms with E-state index < -0.39 is 0 Å². The van der Waals surface area contributed by atoms with Crippen LogP contribution >= 0.6 is 0 Å². The Hall–Kier alpha value is -6.00. The maximum Gasteiger partial charge on any atom is 0.194 e. The SMILES string of the molecule is CC1(C)c2ccccc2-c2ccc(N(c3ccccc3)c3cc4cccc5c4c4c3Oc3cccc(c3O4)Nc3ccccc3-5)cc21. The minimum absolute atomic E-state index is 0.132. The van der Waals surface area contributed by atoms with Crippen LogP contribution in [0.25, 0.3) is 33.0 Å². The van der Waals surface area contributed by atoms with Crippen LogP contribution in [0.1, 0.15) is 25.0 Å². The molecule has 4 nitrogen and oxygen atoms in total. The van der Waals surface area contributed by atoms with E-state index in [2.05, 4.69) is 145 Å². The number of benzene rings is 7. The van der Waals surface area contributed by atoms with Gasteiger partial charge in [0, 0.05) is 33.4 Å². The normalized spacial score (nSPS) is 14.0. The lowest BCUT2D eigenvalue weighted by atomic mass is 9.82. The molecule has 2 heterocycles. The highest BCUT2D eigenvalue weighted by molar-refractivity contribution is 6.09. The van der Waals surface area contributed by atoms with Gasteiger partial charge in [0.15, 0.2) is 23.0 Å². The molecule has 47 heavy (non-hydrogen) atoms. The van der Waals surface area contributed by atoms with Crippen molar-refractivity contribution in [3.8, 4) is 45.3 Å². The number of anilines is 5. The van der Waals surface area contributed by atoms with Gasteiger partial charge in [0.05, 0.1) is 11.4 Å². The van der Waals surface area contributed by atoms with Crippen LogP contribution in [0.4, 0.5) is 28.4 Å². The number of ether oxygens (including phenoxy) is 2. The summed E-state index contributed by atoms with van der Waals surface area (Å²) in [6.07, 6.45) is 0. The van der Waals surface area contributed by atoms with E-state index in [1.807, 2.05) is 18.2 Å². The Morgan fingerprint density at radius 3 is 2.13 bits per heavy atom. The third kappa shape index (κ3) is 3.70. The van der Waals surface area contributed by atoms with E-state index in [9.17, 15) is 0 Å². The fourth-order valence-electron chi connectivity index (χ4n) is 7.79. The van der Waals surface area contributed by atoms with Gasteiger partial charge < -0.3 is 19.7 Å². The van der Waals surface area contributed by atoms with Gasteiger partial charge in [-0.05, 0) is 81.7 Å². The first-order valence-electron chi connectivity index (χ1n) is 16.1.